The molecule has 178 valence electrons. The number of aliphatic imine (C=N–C) groups is 1. The third-order valence-corrected chi connectivity index (χ3v) is 6.33. The lowest BCUT2D eigenvalue weighted by Gasteiger charge is -2.34. The van der Waals surface area contributed by atoms with Crippen LogP contribution in [0.4, 0.5) is 0 Å². The number of piperidine rings is 1. The largest absolute Gasteiger partial charge is 0.490 e. The minimum atomic E-state index is 0. The highest BCUT2D eigenvalue weighted by Crippen LogP contribution is 2.20. The van der Waals surface area contributed by atoms with E-state index in [-0.39, 0.29) is 36.0 Å². The normalized spacial score (nSPS) is 16.6. The Hall–Kier alpha value is -2.29. The van der Waals surface area contributed by atoms with Crippen molar-refractivity contribution in [2.45, 2.75) is 44.8 Å². The van der Waals surface area contributed by atoms with Gasteiger partial charge in [-0.15, -0.1) is 24.0 Å². The predicted molar refractivity (Wildman–Crippen MR) is 143 cm³/mol. The lowest BCUT2D eigenvalue weighted by molar-refractivity contribution is -0.132. The number of para-hydroxylation sites is 1. The fraction of sp³-hybridized carbons (Fsp3) is 0.462. The van der Waals surface area contributed by atoms with Gasteiger partial charge in [0.1, 0.15) is 11.9 Å². The number of hydrogen-bond acceptors (Lipinski definition) is 3. The van der Waals surface area contributed by atoms with E-state index in [2.05, 4.69) is 39.5 Å². The van der Waals surface area contributed by atoms with Crippen molar-refractivity contribution < 1.29 is 9.53 Å². The maximum atomic E-state index is 12.7. The van der Waals surface area contributed by atoms with Gasteiger partial charge in [0.25, 0.3) is 0 Å². The molecule has 7 heteroatoms. The number of carbonyl (C=O) groups excluding carboxylic acids is 1. The van der Waals surface area contributed by atoms with Crippen LogP contribution in [0.5, 0.6) is 5.75 Å². The Labute approximate surface area is 214 Å². The topological polar surface area (TPSA) is 57.2 Å². The third-order valence-electron chi connectivity index (χ3n) is 6.33. The molecule has 0 aliphatic carbocycles. The molecule has 2 aromatic carbocycles. The first kappa shape index (κ1) is 25.3. The van der Waals surface area contributed by atoms with Crippen molar-refractivity contribution in [1.29, 1.82) is 0 Å². The van der Waals surface area contributed by atoms with Crippen molar-refractivity contribution >= 4 is 35.8 Å². The lowest BCUT2D eigenvalue weighted by atomic mass is 9.99. The van der Waals surface area contributed by atoms with E-state index in [1.54, 1.807) is 0 Å². The summed E-state index contributed by atoms with van der Waals surface area (Å²) in [5.41, 5.74) is 2.66. The molecule has 6 nitrogen and oxygen atoms in total. The summed E-state index contributed by atoms with van der Waals surface area (Å²) < 4.78 is 6.09. The van der Waals surface area contributed by atoms with Gasteiger partial charge >= 0.3 is 0 Å². The van der Waals surface area contributed by atoms with E-state index in [9.17, 15) is 4.79 Å². The number of carbonyl (C=O) groups is 1. The molecule has 0 aromatic heterocycles. The van der Waals surface area contributed by atoms with Gasteiger partial charge in [-0.25, -0.2) is 0 Å². The van der Waals surface area contributed by atoms with E-state index in [0.717, 1.165) is 70.1 Å². The molecule has 1 N–H and O–H groups in total. The fourth-order valence-electron chi connectivity index (χ4n) is 4.52. The van der Waals surface area contributed by atoms with Gasteiger partial charge < -0.3 is 19.9 Å². The minimum absolute atomic E-state index is 0. The molecule has 0 atom stereocenters. The van der Waals surface area contributed by atoms with Crippen LogP contribution >= 0.6 is 24.0 Å². The molecule has 2 heterocycles. The zero-order chi connectivity index (χ0) is 22.2. The van der Waals surface area contributed by atoms with Crippen molar-refractivity contribution in [3.63, 3.8) is 0 Å². The average Bonchev–Trinajstić information content (AvgIpc) is 2.85. The van der Waals surface area contributed by atoms with Gasteiger partial charge in [0.15, 0.2) is 5.96 Å². The highest BCUT2D eigenvalue weighted by Gasteiger charge is 2.23. The molecule has 0 unspecified atom stereocenters. The Balaban J connectivity index is 0.00000306. The maximum Gasteiger partial charge on any atom is 0.222 e. The minimum Gasteiger partial charge on any atom is -0.490 e. The molecule has 1 amide bonds. The Bertz CT molecular complexity index is 914. The Morgan fingerprint density at radius 1 is 1.00 bits per heavy atom. The van der Waals surface area contributed by atoms with E-state index in [1.807, 2.05) is 42.3 Å². The molecule has 0 saturated carbocycles. The van der Waals surface area contributed by atoms with E-state index < -0.39 is 0 Å². The van der Waals surface area contributed by atoms with E-state index in [4.69, 9.17) is 4.74 Å². The summed E-state index contributed by atoms with van der Waals surface area (Å²) in [4.78, 5) is 21.4. The molecule has 2 aromatic rings. The van der Waals surface area contributed by atoms with Crippen LogP contribution in [-0.2, 0) is 17.8 Å². The Morgan fingerprint density at radius 3 is 2.42 bits per heavy atom. The predicted octanol–water partition coefficient (Wildman–Crippen LogP) is 4.09. The summed E-state index contributed by atoms with van der Waals surface area (Å²) >= 11 is 0. The summed E-state index contributed by atoms with van der Waals surface area (Å²) in [5, 5.41) is 3.44. The number of amides is 1. The molecule has 4 rings (SSSR count). The summed E-state index contributed by atoms with van der Waals surface area (Å²) in [6.45, 7) is 4.16. The number of halogens is 1. The molecule has 1 fully saturated rings. The highest BCUT2D eigenvalue weighted by atomic mass is 127. The molecule has 2 aliphatic heterocycles. The number of hydrogen-bond donors (Lipinski definition) is 1. The fourth-order valence-corrected chi connectivity index (χ4v) is 4.52. The van der Waals surface area contributed by atoms with Crippen LogP contribution in [0.1, 0.15) is 36.8 Å². The van der Waals surface area contributed by atoms with Crippen molar-refractivity contribution in [2.24, 2.45) is 4.99 Å². The third kappa shape index (κ3) is 7.09. The lowest BCUT2D eigenvalue weighted by Crippen LogP contribution is -2.47. The van der Waals surface area contributed by atoms with Gasteiger partial charge in [0, 0.05) is 59.0 Å². The van der Waals surface area contributed by atoms with Crippen LogP contribution in [0.15, 0.2) is 59.6 Å². The van der Waals surface area contributed by atoms with Gasteiger partial charge in [-0.05, 0) is 36.1 Å². The quantitative estimate of drug-likeness (QED) is 0.250. The second-order valence-corrected chi connectivity index (χ2v) is 8.53. The molecule has 1 saturated heterocycles. The summed E-state index contributed by atoms with van der Waals surface area (Å²) in [7, 11) is 1.82. The van der Waals surface area contributed by atoms with Crippen LogP contribution in [-0.4, -0.2) is 61.0 Å². The smallest absolute Gasteiger partial charge is 0.222 e. The first-order chi connectivity index (χ1) is 15.7. The second-order valence-electron chi connectivity index (χ2n) is 8.53. The number of nitrogens with one attached hydrogen (secondary N) is 1. The maximum absolute atomic E-state index is 12.7. The second kappa shape index (κ2) is 12.8. The van der Waals surface area contributed by atoms with E-state index >= 15 is 0 Å². The van der Waals surface area contributed by atoms with Gasteiger partial charge in [0.05, 0.1) is 0 Å². The molecule has 0 radical (unpaired) electrons. The van der Waals surface area contributed by atoms with Gasteiger partial charge in [0.2, 0.25) is 5.91 Å². The number of rotatable bonds is 6. The first-order valence-electron chi connectivity index (χ1n) is 11.7. The van der Waals surface area contributed by atoms with Crippen LogP contribution in [0.3, 0.4) is 0 Å². The van der Waals surface area contributed by atoms with Crippen molar-refractivity contribution in [1.82, 2.24) is 15.1 Å². The summed E-state index contributed by atoms with van der Waals surface area (Å²) in [6, 6.07) is 18.5. The molecule has 0 bridgehead atoms. The molecular formula is C26H35IN4O2. The Morgan fingerprint density at radius 2 is 1.70 bits per heavy atom. The molecule has 33 heavy (non-hydrogen) atoms. The van der Waals surface area contributed by atoms with Crippen LogP contribution in [0, 0.1) is 0 Å². The summed E-state index contributed by atoms with van der Waals surface area (Å²) in [6.07, 6.45) is 4.54. The van der Waals surface area contributed by atoms with E-state index in [1.165, 1.54) is 11.1 Å². The van der Waals surface area contributed by atoms with E-state index in [0.29, 0.717) is 6.42 Å². The molecule has 0 spiro atoms. The molecular weight excluding hydrogens is 527 g/mol. The SMILES string of the molecule is CN=C(NCCCC(=O)N1CCc2ccccc2C1)N1CCC(Oc2ccccc2)CC1.I. The number of ether oxygens (including phenoxy) is 1. The highest BCUT2D eigenvalue weighted by molar-refractivity contribution is 14.0. The molecule has 2 aliphatic rings. The number of fused-ring (bicyclic) bond motifs is 1. The van der Waals surface area contributed by atoms with Crippen LogP contribution in [0.2, 0.25) is 0 Å². The number of nitrogens with zero attached hydrogens (tertiary/aromatic N) is 3. The summed E-state index contributed by atoms with van der Waals surface area (Å²) in [5.74, 6) is 2.10. The number of guanidine groups is 1. The van der Waals surface area contributed by atoms with Crippen molar-refractivity contribution in [3.05, 3.63) is 65.7 Å². The van der Waals surface area contributed by atoms with Gasteiger partial charge in [-0.2, -0.15) is 0 Å². The van der Waals surface area contributed by atoms with Crippen LogP contribution in [0.25, 0.3) is 0 Å². The van der Waals surface area contributed by atoms with Gasteiger partial charge in [-0.3, -0.25) is 9.79 Å². The standard InChI is InChI=1S/C26H34N4O2.HI/c1-27-26(29-18-14-24(15-19-29)32-23-10-3-2-4-11-23)28-16-7-12-25(31)30-17-13-21-8-5-6-9-22(21)20-30;/h2-6,8-11,24H,7,12-20H2,1H3,(H,27,28);1H. The number of likely N-dealkylation sites (tertiary alicyclic amines) is 1. The Kier molecular flexibility index (Phi) is 9.84. The first-order valence-corrected chi connectivity index (χ1v) is 11.7. The van der Waals surface area contributed by atoms with Crippen molar-refractivity contribution in [3.8, 4) is 5.75 Å². The van der Waals surface area contributed by atoms with Crippen LogP contribution < -0.4 is 10.1 Å². The van der Waals surface area contributed by atoms with Crippen molar-refractivity contribution in [2.75, 3.05) is 33.2 Å². The number of benzene rings is 2. The zero-order valence-corrected chi connectivity index (χ0v) is 21.7. The monoisotopic (exact) mass is 562 g/mol. The van der Waals surface area contributed by atoms with Gasteiger partial charge in [-0.1, -0.05) is 42.5 Å². The zero-order valence-electron chi connectivity index (χ0n) is 19.4. The average molecular weight is 562 g/mol.